The number of alkyl carbamates (subject to hydrolysis) is 1. The monoisotopic (exact) mass is 495 g/mol. The lowest BCUT2D eigenvalue weighted by molar-refractivity contribution is 0.0507. The molecule has 2 N–H and O–H groups in total. The van der Waals surface area contributed by atoms with Crippen molar-refractivity contribution in [2.24, 2.45) is 4.99 Å². The molecule has 2 heterocycles. The molecule has 26 heavy (non-hydrogen) atoms. The van der Waals surface area contributed by atoms with Gasteiger partial charge in [-0.15, -0.1) is 35.3 Å². The van der Waals surface area contributed by atoms with Crippen molar-refractivity contribution in [1.82, 2.24) is 20.5 Å². The number of amides is 1. The van der Waals surface area contributed by atoms with Gasteiger partial charge in [0.25, 0.3) is 0 Å². The summed E-state index contributed by atoms with van der Waals surface area (Å²) in [7, 11) is 0. The van der Waals surface area contributed by atoms with E-state index in [0.29, 0.717) is 6.54 Å². The maximum Gasteiger partial charge on any atom is 0.407 e. The molecule has 1 aliphatic heterocycles. The number of hydrogen-bond donors (Lipinski definition) is 2. The minimum absolute atomic E-state index is 0. The summed E-state index contributed by atoms with van der Waals surface area (Å²) in [6, 6.07) is 0.0730. The first-order valence-corrected chi connectivity index (χ1v) is 9.58. The van der Waals surface area contributed by atoms with Crippen LogP contribution in [0.25, 0.3) is 0 Å². The molecule has 1 aromatic rings. The number of carbonyl (C=O) groups excluding carboxylic acids is 1. The summed E-state index contributed by atoms with van der Waals surface area (Å²) >= 11 is 1.63. The zero-order chi connectivity index (χ0) is 18.4. The van der Waals surface area contributed by atoms with E-state index in [1.165, 1.54) is 4.88 Å². The Bertz CT molecular complexity index is 615. The molecular weight excluding hydrogens is 465 g/mol. The number of aliphatic imine (C=N–C) groups is 1. The maximum absolute atomic E-state index is 11.9. The van der Waals surface area contributed by atoms with Gasteiger partial charge in [0.15, 0.2) is 5.96 Å². The van der Waals surface area contributed by atoms with Crippen LogP contribution < -0.4 is 10.6 Å². The Balaban J connectivity index is 0.00000338. The van der Waals surface area contributed by atoms with E-state index in [1.807, 2.05) is 33.2 Å². The van der Waals surface area contributed by atoms with Crippen LogP contribution in [-0.4, -0.2) is 53.2 Å². The smallest absolute Gasteiger partial charge is 0.407 e. The standard InChI is InChI=1S/C17H29N5O2S.HI/c1-6-18-15(19-9-14-12(2)20-11-25-14)22-8-7-13(10-22)21-16(23)24-17(3,4)5;/h11,13H,6-10H2,1-5H3,(H,18,19)(H,21,23);1H. The van der Waals surface area contributed by atoms with E-state index in [0.717, 1.165) is 37.7 Å². The molecule has 0 aromatic carbocycles. The highest BCUT2D eigenvalue weighted by molar-refractivity contribution is 14.0. The second kappa shape index (κ2) is 10.3. The van der Waals surface area contributed by atoms with Gasteiger partial charge in [-0.2, -0.15) is 0 Å². The fourth-order valence-corrected chi connectivity index (χ4v) is 3.30. The number of nitrogens with zero attached hydrogens (tertiary/aromatic N) is 3. The molecule has 9 heteroatoms. The van der Waals surface area contributed by atoms with Gasteiger partial charge < -0.3 is 20.3 Å². The molecule has 1 atom stereocenters. The number of nitrogens with one attached hydrogen (secondary N) is 2. The van der Waals surface area contributed by atoms with E-state index in [4.69, 9.17) is 9.73 Å². The van der Waals surface area contributed by atoms with Crippen molar-refractivity contribution in [3.8, 4) is 0 Å². The highest BCUT2D eigenvalue weighted by Gasteiger charge is 2.27. The Labute approximate surface area is 177 Å². The number of aromatic nitrogens is 1. The van der Waals surface area contributed by atoms with Crippen LogP contribution in [0.5, 0.6) is 0 Å². The third-order valence-corrected chi connectivity index (χ3v) is 4.68. The molecule has 0 saturated carbocycles. The van der Waals surface area contributed by atoms with E-state index < -0.39 is 5.60 Å². The van der Waals surface area contributed by atoms with Crippen molar-refractivity contribution in [2.75, 3.05) is 19.6 Å². The Kier molecular flexibility index (Phi) is 9.08. The predicted octanol–water partition coefficient (Wildman–Crippen LogP) is 3.13. The topological polar surface area (TPSA) is 78.9 Å². The van der Waals surface area contributed by atoms with Crippen molar-refractivity contribution >= 4 is 47.4 Å². The number of thiazole rings is 1. The molecule has 1 amide bonds. The van der Waals surface area contributed by atoms with Gasteiger partial charge in [-0.05, 0) is 41.0 Å². The summed E-state index contributed by atoms with van der Waals surface area (Å²) in [5.41, 5.74) is 2.41. The first-order valence-electron chi connectivity index (χ1n) is 8.70. The number of ether oxygens (including phenoxy) is 1. The third-order valence-electron chi connectivity index (χ3n) is 3.76. The van der Waals surface area contributed by atoms with Gasteiger partial charge in [0.2, 0.25) is 0 Å². The van der Waals surface area contributed by atoms with Crippen LogP contribution in [0.15, 0.2) is 10.5 Å². The largest absolute Gasteiger partial charge is 0.444 e. The molecule has 148 valence electrons. The average Bonchev–Trinajstić information content (AvgIpc) is 3.11. The summed E-state index contributed by atoms with van der Waals surface area (Å²) in [5.74, 6) is 0.879. The molecule has 1 saturated heterocycles. The molecule has 1 aromatic heterocycles. The number of rotatable bonds is 4. The molecule has 1 unspecified atom stereocenters. The van der Waals surface area contributed by atoms with Crippen LogP contribution in [0.1, 0.15) is 44.7 Å². The van der Waals surface area contributed by atoms with Gasteiger partial charge in [0.05, 0.1) is 23.8 Å². The van der Waals surface area contributed by atoms with Crippen LogP contribution in [-0.2, 0) is 11.3 Å². The van der Waals surface area contributed by atoms with Crippen molar-refractivity contribution in [1.29, 1.82) is 0 Å². The van der Waals surface area contributed by atoms with Crippen LogP contribution in [0.2, 0.25) is 0 Å². The normalized spacial score (nSPS) is 17.7. The molecule has 0 bridgehead atoms. The van der Waals surface area contributed by atoms with E-state index in [9.17, 15) is 4.79 Å². The number of likely N-dealkylation sites (tertiary alicyclic amines) is 1. The number of aryl methyl sites for hydroxylation is 1. The summed E-state index contributed by atoms with van der Waals surface area (Å²) in [6.45, 7) is 12.7. The minimum Gasteiger partial charge on any atom is -0.444 e. The lowest BCUT2D eigenvalue weighted by atomic mass is 10.2. The number of halogens is 1. The minimum atomic E-state index is -0.481. The molecule has 0 aliphatic carbocycles. The molecule has 1 aliphatic rings. The van der Waals surface area contributed by atoms with Gasteiger partial charge >= 0.3 is 6.09 Å². The summed E-state index contributed by atoms with van der Waals surface area (Å²) in [4.78, 5) is 24.3. The number of guanidine groups is 1. The SMILES string of the molecule is CCNC(=NCc1scnc1C)N1CCC(NC(=O)OC(C)(C)C)C1.I. The van der Waals surface area contributed by atoms with E-state index in [2.05, 4.69) is 27.4 Å². The second-order valence-corrected chi connectivity index (χ2v) is 8.05. The second-order valence-electron chi connectivity index (χ2n) is 7.11. The van der Waals surface area contributed by atoms with E-state index >= 15 is 0 Å². The van der Waals surface area contributed by atoms with Crippen molar-refractivity contribution in [2.45, 2.75) is 59.2 Å². The number of hydrogen-bond acceptors (Lipinski definition) is 5. The highest BCUT2D eigenvalue weighted by Crippen LogP contribution is 2.15. The molecular formula is C17H30IN5O2S. The first kappa shape index (κ1) is 22.9. The number of carbonyl (C=O) groups is 1. The fourth-order valence-electron chi connectivity index (χ4n) is 2.60. The predicted molar refractivity (Wildman–Crippen MR) is 116 cm³/mol. The van der Waals surface area contributed by atoms with Crippen LogP contribution in [0.3, 0.4) is 0 Å². The van der Waals surface area contributed by atoms with Gasteiger partial charge in [0, 0.05) is 24.5 Å². The lowest BCUT2D eigenvalue weighted by Crippen LogP contribution is -2.44. The zero-order valence-corrected chi connectivity index (χ0v) is 19.3. The molecule has 1 fully saturated rings. The van der Waals surface area contributed by atoms with Crippen molar-refractivity contribution in [3.63, 3.8) is 0 Å². The Morgan fingerprint density at radius 1 is 1.50 bits per heavy atom. The summed E-state index contributed by atoms with van der Waals surface area (Å²) in [5, 5.41) is 6.28. The van der Waals surface area contributed by atoms with Crippen molar-refractivity contribution < 1.29 is 9.53 Å². The maximum atomic E-state index is 11.9. The van der Waals surface area contributed by atoms with Crippen LogP contribution >= 0.6 is 35.3 Å². The van der Waals surface area contributed by atoms with Gasteiger partial charge in [-0.1, -0.05) is 0 Å². The first-order chi connectivity index (χ1) is 11.8. The summed E-state index contributed by atoms with van der Waals surface area (Å²) < 4.78 is 5.33. The van der Waals surface area contributed by atoms with E-state index in [-0.39, 0.29) is 36.1 Å². The molecule has 0 radical (unpaired) electrons. The Morgan fingerprint density at radius 2 is 2.23 bits per heavy atom. The summed E-state index contributed by atoms with van der Waals surface area (Å²) in [6.07, 6.45) is 0.519. The molecule has 7 nitrogen and oxygen atoms in total. The molecule has 0 spiro atoms. The highest BCUT2D eigenvalue weighted by atomic mass is 127. The third kappa shape index (κ3) is 7.26. The van der Waals surface area contributed by atoms with Crippen molar-refractivity contribution in [3.05, 3.63) is 16.1 Å². The average molecular weight is 495 g/mol. The van der Waals surface area contributed by atoms with Crippen LogP contribution in [0.4, 0.5) is 4.79 Å². The van der Waals surface area contributed by atoms with Crippen LogP contribution in [0, 0.1) is 6.92 Å². The molecule has 2 rings (SSSR count). The van der Waals surface area contributed by atoms with Gasteiger partial charge in [0.1, 0.15) is 5.60 Å². The Morgan fingerprint density at radius 3 is 2.81 bits per heavy atom. The zero-order valence-electron chi connectivity index (χ0n) is 16.2. The lowest BCUT2D eigenvalue weighted by Gasteiger charge is -2.23. The van der Waals surface area contributed by atoms with Gasteiger partial charge in [-0.3, -0.25) is 0 Å². The fraction of sp³-hybridized carbons (Fsp3) is 0.706. The van der Waals surface area contributed by atoms with E-state index in [1.54, 1.807) is 11.3 Å². The van der Waals surface area contributed by atoms with Gasteiger partial charge in [-0.25, -0.2) is 14.8 Å². The Hall–Kier alpha value is -1.10. The quantitative estimate of drug-likeness (QED) is 0.381.